The Balaban J connectivity index is 2.05. The molecule has 0 bridgehead atoms. The molecule has 0 radical (unpaired) electrons. The van der Waals surface area contributed by atoms with E-state index in [1.807, 2.05) is 13.8 Å². The van der Waals surface area contributed by atoms with Crippen molar-refractivity contribution in [3.05, 3.63) is 29.8 Å². The molecule has 1 aromatic rings. The number of hydrogen-bond acceptors (Lipinski definition) is 4. The first-order valence-corrected chi connectivity index (χ1v) is 9.80. The molecule has 146 valence electrons. The highest BCUT2D eigenvalue weighted by Crippen LogP contribution is 2.32. The summed E-state index contributed by atoms with van der Waals surface area (Å²) in [5, 5.41) is 0. The van der Waals surface area contributed by atoms with Crippen molar-refractivity contribution >= 4 is 16.0 Å². The summed E-state index contributed by atoms with van der Waals surface area (Å²) < 4.78 is 69.9. The maximum absolute atomic E-state index is 12.8. The molecule has 9 heteroatoms. The molecule has 0 aromatic heterocycles. The zero-order valence-corrected chi connectivity index (χ0v) is 15.4. The third kappa shape index (κ3) is 4.97. The summed E-state index contributed by atoms with van der Waals surface area (Å²) >= 11 is 0. The molecule has 0 N–H and O–H groups in total. The molecule has 1 aliphatic rings. The minimum absolute atomic E-state index is 0.0695. The van der Waals surface area contributed by atoms with Crippen LogP contribution < -0.4 is 0 Å². The van der Waals surface area contributed by atoms with Gasteiger partial charge in [-0.25, -0.2) is 8.42 Å². The number of benzene rings is 1. The lowest BCUT2D eigenvalue weighted by molar-refractivity contribution is -0.151. The number of halogens is 3. The quantitative estimate of drug-likeness (QED) is 0.720. The Bertz CT molecular complexity index is 739. The van der Waals surface area contributed by atoms with Gasteiger partial charge in [0.25, 0.3) is 0 Å². The highest BCUT2D eigenvalue weighted by molar-refractivity contribution is 7.89. The van der Waals surface area contributed by atoms with Gasteiger partial charge in [0, 0.05) is 13.1 Å². The average molecular weight is 393 g/mol. The number of hydrogen-bond donors (Lipinski definition) is 0. The third-order valence-electron chi connectivity index (χ3n) is 4.15. The Morgan fingerprint density at radius 2 is 1.88 bits per heavy atom. The first-order chi connectivity index (χ1) is 12.0. The molecule has 0 amide bonds. The van der Waals surface area contributed by atoms with Crippen molar-refractivity contribution in [3.63, 3.8) is 0 Å². The number of carbonyl (C=O) groups excluding carboxylic acids is 1. The van der Waals surface area contributed by atoms with Crippen molar-refractivity contribution in [2.24, 2.45) is 11.8 Å². The van der Waals surface area contributed by atoms with Crippen molar-refractivity contribution in [1.82, 2.24) is 4.31 Å². The van der Waals surface area contributed by atoms with Crippen LogP contribution in [0, 0.1) is 11.8 Å². The first kappa shape index (κ1) is 20.7. The van der Waals surface area contributed by atoms with E-state index in [0.29, 0.717) is 12.7 Å². The van der Waals surface area contributed by atoms with Gasteiger partial charge in [-0.2, -0.15) is 17.5 Å². The fourth-order valence-electron chi connectivity index (χ4n) is 2.68. The van der Waals surface area contributed by atoms with Crippen LogP contribution in [0.5, 0.6) is 0 Å². The maximum Gasteiger partial charge on any atom is 0.416 e. The molecule has 5 nitrogen and oxygen atoms in total. The fourth-order valence-corrected chi connectivity index (χ4v) is 4.20. The maximum atomic E-state index is 12.8. The second-order valence-corrected chi connectivity index (χ2v) is 8.67. The summed E-state index contributed by atoms with van der Waals surface area (Å²) in [5.41, 5.74) is -1.01. The van der Waals surface area contributed by atoms with E-state index in [-0.39, 0.29) is 43.7 Å². The van der Waals surface area contributed by atoms with Gasteiger partial charge in [0.05, 0.1) is 23.0 Å². The number of sulfonamides is 1. The highest BCUT2D eigenvalue weighted by Gasteiger charge is 2.35. The number of alkyl halides is 3. The van der Waals surface area contributed by atoms with Crippen LogP contribution in [0.4, 0.5) is 13.2 Å². The molecular formula is C17H22F3NO4S. The summed E-state index contributed by atoms with van der Waals surface area (Å²) in [6.45, 7) is 4.27. The SMILES string of the molecule is CC(C)COC(=O)C1CCN(S(=O)(=O)c2cccc(C(F)(F)F)c2)CC1. The summed E-state index contributed by atoms with van der Waals surface area (Å²) in [7, 11) is -4.04. The van der Waals surface area contributed by atoms with E-state index in [4.69, 9.17) is 4.74 Å². The van der Waals surface area contributed by atoms with Crippen molar-refractivity contribution < 1.29 is 31.1 Å². The summed E-state index contributed by atoms with van der Waals surface area (Å²) in [5.74, 6) is -0.531. The first-order valence-electron chi connectivity index (χ1n) is 8.36. The second-order valence-electron chi connectivity index (χ2n) is 6.73. The molecule has 0 atom stereocenters. The van der Waals surface area contributed by atoms with Crippen molar-refractivity contribution in [1.29, 1.82) is 0 Å². The van der Waals surface area contributed by atoms with Crippen LogP contribution in [0.25, 0.3) is 0 Å². The largest absolute Gasteiger partial charge is 0.465 e. The average Bonchev–Trinajstić information content (AvgIpc) is 2.59. The standard InChI is InChI=1S/C17H22F3NO4S/c1-12(2)11-25-16(22)13-6-8-21(9-7-13)26(23,24)15-5-3-4-14(10-15)17(18,19)20/h3-5,10,12-13H,6-9,11H2,1-2H3. The number of ether oxygens (including phenoxy) is 1. The van der Waals surface area contributed by atoms with Crippen molar-refractivity contribution in [2.45, 2.75) is 37.8 Å². The summed E-state index contributed by atoms with van der Waals surface area (Å²) in [6, 6.07) is 3.69. The van der Waals surface area contributed by atoms with E-state index in [1.165, 1.54) is 0 Å². The lowest BCUT2D eigenvalue weighted by Gasteiger charge is -2.30. The molecular weight excluding hydrogens is 371 g/mol. The zero-order chi connectivity index (χ0) is 19.5. The van der Waals surface area contributed by atoms with E-state index in [0.717, 1.165) is 22.5 Å². The van der Waals surface area contributed by atoms with Gasteiger partial charge in [0.2, 0.25) is 10.0 Å². The van der Waals surface area contributed by atoms with Crippen LogP contribution in [0.3, 0.4) is 0 Å². The summed E-state index contributed by atoms with van der Waals surface area (Å²) in [4.78, 5) is 11.6. The van der Waals surface area contributed by atoms with E-state index in [9.17, 15) is 26.4 Å². The van der Waals surface area contributed by atoms with E-state index in [1.54, 1.807) is 0 Å². The number of nitrogens with zero attached hydrogens (tertiary/aromatic N) is 1. The number of piperidine rings is 1. The van der Waals surface area contributed by atoms with Crippen molar-refractivity contribution in [2.75, 3.05) is 19.7 Å². The predicted octanol–water partition coefficient (Wildman–Crippen LogP) is 3.31. The van der Waals surface area contributed by atoms with Gasteiger partial charge in [0.1, 0.15) is 0 Å². The molecule has 0 saturated carbocycles. The molecule has 1 heterocycles. The molecule has 0 spiro atoms. The lowest BCUT2D eigenvalue weighted by Crippen LogP contribution is -2.40. The van der Waals surface area contributed by atoms with Gasteiger partial charge in [-0.15, -0.1) is 0 Å². The molecule has 1 aromatic carbocycles. The number of carbonyl (C=O) groups is 1. The van der Waals surface area contributed by atoms with E-state index < -0.39 is 26.7 Å². The third-order valence-corrected chi connectivity index (χ3v) is 6.04. The van der Waals surface area contributed by atoms with Crippen LogP contribution in [0.1, 0.15) is 32.3 Å². The van der Waals surface area contributed by atoms with Gasteiger partial charge in [-0.3, -0.25) is 4.79 Å². The van der Waals surface area contributed by atoms with Crippen LogP contribution in [0.15, 0.2) is 29.2 Å². The highest BCUT2D eigenvalue weighted by atomic mass is 32.2. The Morgan fingerprint density at radius 3 is 2.42 bits per heavy atom. The zero-order valence-electron chi connectivity index (χ0n) is 14.6. The van der Waals surface area contributed by atoms with Gasteiger partial charge < -0.3 is 4.74 Å². The van der Waals surface area contributed by atoms with Crippen LogP contribution in [0.2, 0.25) is 0 Å². The Hall–Kier alpha value is -1.61. The molecule has 1 fully saturated rings. The van der Waals surface area contributed by atoms with E-state index >= 15 is 0 Å². The predicted molar refractivity (Wildman–Crippen MR) is 88.7 cm³/mol. The topological polar surface area (TPSA) is 63.7 Å². The molecule has 0 unspecified atom stereocenters. The summed E-state index contributed by atoms with van der Waals surface area (Å²) in [6.07, 6.45) is -4.04. The minimum Gasteiger partial charge on any atom is -0.465 e. The number of rotatable bonds is 5. The normalized spacial score (nSPS) is 17.5. The molecule has 1 saturated heterocycles. The van der Waals surface area contributed by atoms with Gasteiger partial charge in [-0.1, -0.05) is 19.9 Å². The Labute approximate surface area is 151 Å². The Morgan fingerprint density at radius 1 is 1.27 bits per heavy atom. The number of esters is 1. The van der Waals surface area contributed by atoms with Gasteiger partial charge >= 0.3 is 12.1 Å². The van der Waals surface area contributed by atoms with Gasteiger partial charge in [-0.05, 0) is 37.0 Å². The molecule has 26 heavy (non-hydrogen) atoms. The smallest absolute Gasteiger partial charge is 0.416 e. The monoisotopic (exact) mass is 393 g/mol. The second kappa shape index (κ2) is 7.96. The van der Waals surface area contributed by atoms with Crippen molar-refractivity contribution in [3.8, 4) is 0 Å². The minimum atomic E-state index is -4.61. The van der Waals surface area contributed by atoms with E-state index in [2.05, 4.69) is 0 Å². The Kier molecular flexibility index (Phi) is 6.33. The molecule has 0 aliphatic carbocycles. The van der Waals surface area contributed by atoms with Crippen LogP contribution in [-0.4, -0.2) is 38.4 Å². The van der Waals surface area contributed by atoms with Crippen LogP contribution in [-0.2, 0) is 25.7 Å². The lowest BCUT2D eigenvalue weighted by atomic mass is 9.98. The fraction of sp³-hybridized carbons (Fsp3) is 0.588. The molecule has 1 aliphatic heterocycles. The van der Waals surface area contributed by atoms with Crippen LogP contribution >= 0.6 is 0 Å². The molecule has 2 rings (SSSR count). The van der Waals surface area contributed by atoms with Gasteiger partial charge in [0.15, 0.2) is 0 Å².